The monoisotopic (exact) mass is 515 g/mol. The molecule has 5 rings (SSSR count). The van der Waals surface area contributed by atoms with Crippen LogP contribution in [0.4, 0.5) is 27.4 Å². The zero-order chi connectivity index (χ0) is 26.8. The van der Waals surface area contributed by atoms with E-state index < -0.39 is 11.7 Å². The van der Waals surface area contributed by atoms with Gasteiger partial charge in [-0.2, -0.15) is 0 Å². The van der Waals surface area contributed by atoms with Crippen LogP contribution in [0.5, 0.6) is 5.75 Å². The molecule has 0 radical (unpaired) electrons. The van der Waals surface area contributed by atoms with Gasteiger partial charge >= 0.3 is 0 Å². The average molecular weight is 516 g/mol. The maximum Gasteiger partial charge on any atom is 0.283 e. The van der Waals surface area contributed by atoms with Crippen LogP contribution in [0, 0.1) is 6.92 Å². The first-order chi connectivity index (χ1) is 18.3. The summed E-state index contributed by atoms with van der Waals surface area (Å²) < 4.78 is 19.3. The van der Waals surface area contributed by atoms with E-state index in [1.54, 1.807) is 19.4 Å². The Morgan fingerprint density at radius 2 is 1.92 bits per heavy atom. The molecule has 1 aliphatic rings. The zero-order valence-electron chi connectivity index (χ0n) is 21.6. The van der Waals surface area contributed by atoms with E-state index >= 15 is 0 Å². The maximum atomic E-state index is 13.6. The predicted molar refractivity (Wildman–Crippen MR) is 149 cm³/mol. The molecular formula is C28H30FN7O2. The van der Waals surface area contributed by atoms with Crippen molar-refractivity contribution in [1.29, 1.82) is 0 Å². The number of halogens is 1. The van der Waals surface area contributed by atoms with Gasteiger partial charge in [-0.15, -0.1) is 0 Å². The lowest BCUT2D eigenvalue weighted by atomic mass is 10.1. The SMILES string of the molecule is C=C(F)C(=O)Nc1cc(Nc2ncc(C)c(-c3c[nH]c4ccccc34)n2)c(OC)cc1N1CCN(C)CC1. The Hall–Kier alpha value is -4.44. The summed E-state index contributed by atoms with van der Waals surface area (Å²) >= 11 is 0. The summed E-state index contributed by atoms with van der Waals surface area (Å²) in [5.74, 6) is -1.07. The molecule has 0 unspecified atom stereocenters. The number of rotatable bonds is 7. The molecule has 1 fully saturated rings. The van der Waals surface area contributed by atoms with Crippen LogP contribution in [-0.4, -0.2) is 66.1 Å². The number of carbonyl (C=O) groups excluding carboxylic acids is 1. The first-order valence-electron chi connectivity index (χ1n) is 12.3. The van der Waals surface area contributed by atoms with Crippen LogP contribution in [0.3, 0.4) is 0 Å². The van der Waals surface area contributed by atoms with Crippen molar-refractivity contribution in [3.8, 4) is 17.0 Å². The third-order valence-electron chi connectivity index (χ3n) is 6.72. The van der Waals surface area contributed by atoms with Gasteiger partial charge in [0.05, 0.1) is 29.9 Å². The van der Waals surface area contributed by atoms with Crippen molar-refractivity contribution in [2.45, 2.75) is 6.92 Å². The van der Waals surface area contributed by atoms with E-state index in [-0.39, 0.29) is 0 Å². The fourth-order valence-corrected chi connectivity index (χ4v) is 4.60. The first-order valence-corrected chi connectivity index (χ1v) is 12.3. The highest BCUT2D eigenvalue weighted by Gasteiger charge is 2.22. The van der Waals surface area contributed by atoms with Gasteiger partial charge in [-0.1, -0.05) is 24.8 Å². The summed E-state index contributed by atoms with van der Waals surface area (Å²) in [5.41, 5.74) is 5.40. The van der Waals surface area contributed by atoms with Gasteiger partial charge in [0.1, 0.15) is 5.75 Å². The third-order valence-corrected chi connectivity index (χ3v) is 6.72. The average Bonchev–Trinajstić information content (AvgIpc) is 3.34. The van der Waals surface area contributed by atoms with Gasteiger partial charge in [-0.25, -0.2) is 14.4 Å². The number of aromatic nitrogens is 3. The number of hydrogen-bond donors (Lipinski definition) is 3. The van der Waals surface area contributed by atoms with Crippen molar-refractivity contribution >= 4 is 39.8 Å². The minimum Gasteiger partial charge on any atom is -0.494 e. The highest BCUT2D eigenvalue weighted by atomic mass is 19.1. The van der Waals surface area contributed by atoms with Gasteiger partial charge in [-0.05, 0) is 31.7 Å². The number of aromatic amines is 1. The Labute approximate surface area is 220 Å². The summed E-state index contributed by atoms with van der Waals surface area (Å²) in [5, 5.41) is 6.94. The Balaban J connectivity index is 1.53. The summed E-state index contributed by atoms with van der Waals surface area (Å²) in [6.45, 7) is 8.31. The highest BCUT2D eigenvalue weighted by molar-refractivity contribution is 6.04. The van der Waals surface area contributed by atoms with Gasteiger partial charge in [0.25, 0.3) is 5.91 Å². The lowest BCUT2D eigenvalue weighted by Gasteiger charge is -2.35. The van der Waals surface area contributed by atoms with Gasteiger partial charge in [0, 0.05) is 61.1 Å². The molecule has 0 atom stereocenters. The smallest absolute Gasteiger partial charge is 0.283 e. The Morgan fingerprint density at radius 3 is 2.66 bits per heavy atom. The Kier molecular flexibility index (Phi) is 6.97. The number of piperazine rings is 1. The van der Waals surface area contributed by atoms with Crippen molar-refractivity contribution in [3.63, 3.8) is 0 Å². The normalized spacial score (nSPS) is 13.9. The Morgan fingerprint density at radius 1 is 1.16 bits per heavy atom. The van der Waals surface area contributed by atoms with Crippen LogP contribution >= 0.6 is 0 Å². The molecule has 196 valence electrons. The number of para-hydroxylation sites is 1. The van der Waals surface area contributed by atoms with Gasteiger partial charge in [0.2, 0.25) is 5.95 Å². The lowest BCUT2D eigenvalue weighted by molar-refractivity contribution is -0.114. The number of anilines is 4. The fraction of sp³-hybridized carbons (Fsp3) is 0.250. The van der Waals surface area contributed by atoms with E-state index in [1.165, 1.54) is 0 Å². The van der Waals surface area contributed by atoms with Crippen LogP contribution in [0.15, 0.2) is 61.2 Å². The van der Waals surface area contributed by atoms with Gasteiger partial charge < -0.3 is 30.2 Å². The second-order valence-electron chi connectivity index (χ2n) is 9.32. The number of nitrogens with zero attached hydrogens (tertiary/aromatic N) is 4. The molecule has 4 aromatic rings. The van der Waals surface area contributed by atoms with Crippen molar-refractivity contribution in [1.82, 2.24) is 19.9 Å². The first kappa shape index (κ1) is 25.2. The Bertz CT molecular complexity index is 1510. The summed E-state index contributed by atoms with van der Waals surface area (Å²) in [6, 6.07) is 11.6. The predicted octanol–water partition coefficient (Wildman–Crippen LogP) is 4.86. The number of ether oxygens (including phenoxy) is 1. The molecule has 1 saturated heterocycles. The van der Waals surface area contributed by atoms with E-state index in [9.17, 15) is 9.18 Å². The topological polar surface area (TPSA) is 98.4 Å². The number of H-pyrrole nitrogens is 1. The number of aryl methyl sites for hydroxylation is 1. The molecule has 1 amide bonds. The zero-order valence-corrected chi connectivity index (χ0v) is 21.6. The van der Waals surface area contributed by atoms with Crippen LogP contribution < -0.4 is 20.3 Å². The van der Waals surface area contributed by atoms with E-state index in [0.29, 0.717) is 23.1 Å². The molecule has 3 heterocycles. The van der Waals surface area contributed by atoms with Crippen LogP contribution in [0.1, 0.15) is 5.56 Å². The number of likely N-dealkylation sites (N-methyl/N-ethyl adjacent to an activating group) is 1. The molecule has 9 nitrogen and oxygen atoms in total. The number of carbonyl (C=O) groups is 1. The van der Waals surface area contributed by atoms with Crippen LogP contribution in [0.25, 0.3) is 22.2 Å². The number of hydrogen-bond acceptors (Lipinski definition) is 7. The molecule has 0 aliphatic carbocycles. The molecule has 0 saturated carbocycles. The van der Waals surface area contributed by atoms with E-state index in [2.05, 4.69) is 44.0 Å². The maximum absolute atomic E-state index is 13.6. The highest BCUT2D eigenvalue weighted by Crippen LogP contribution is 2.39. The summed E-state index contributed by atoms with van der Waals surface area (Å²) in [7, 11) is 3.64. The minimum atomic E-state index is -1.06. The van der Waals surface area contributed by atoms with E-state index in [1.807, 2.05) is 43.5 Å². The molecule has 1 aliphatic heterocycles. The quantitative estimate of drug-likeness (QED) is 0.303. The van der Waals surface area contributed by atoms with Crippen LogP contribution in [0.2, 0.25) is 0 Å². The standard InChI is InChI=1S/C28H30FN7O2/c1-17-15-31-28(34-26(17)20-16-30-21-8-6-5-7-19(20)21)33-23-13-22(32-27(37)18(2)29)24(14-25(23)38-4)36-11-9-35(3)10-12-36/h5-8,13-16,30H,2,9-12H2,1,3-4H3,(H,32,37)(H,31,33,34). The second-order valence-corrected chi connectivity index (χ2v) is 9.32. The lowest BCUT2D eigenvalue weighted by Crippen LogP contribution is -2.44. The molecular weight excluding hydrogens is 485 g/mol. The number of methoxy groups -OCH3 is 1. The van der Waals surface area contributed by atoms with Crippen molar-refractivity contribution < 1.29 is 13.9 Å². The molecule has 0 bridgehead atoms. The molecule has 3 N–H and O–H groups in total. The third kappa shape index (κ3) is 5.03. The van der Waals surface area contributed by atoms with Gasteiger partial charge in [0.15, 0.2) is 5.83 Å². The minimum absolute atomic E-state index is 0.355. The van der Waals surface area contributed by atoms with E-state index in [4.69, 9.17) is 9.72 Å². The van der Waals surface area contributed by atoms with Crippen LogP contribution in [-0.2, 0) is 4.79 Å². The van der Waals surface area contributed by atoms with Crippen molar-refractivity contribution in [2.75, 3.05) is 55.9 Å². The molecule has 0 spiro atoms. The molecule has 2 aromatic carbocycles. The molecule has 38 heavy (non-hydrogen) atoms. The fourth-order valence-electron chi connectivity index (χ4n) is 4.60. The number of amides is 1. The molecule has 10 heteroatoms. The van der Waals surface area contributed by atoms with Crippen molar-refractivity contribution in [2.24, 2.45) is 0 Å². The molecule has 2 aromatic heterocycles. The van der Waals surface area contributed by atoms with Gasteiger partial charge in [-0.3, -0.25) is 4.79 Å². The van der Waals surface area contributed by atoms with Crippen molar-refractivity contribution in [3.05, 3.63) is 66.8 Å². The second kappa shape index (κ2) is 10.5. The summed E-state index contributed by atoms with van der Waals surface area (Å²) in [4.78, 5) is 29.2. The van der Waals surface area contributed by atoms with E-state index in [0.717, 1.165) is 59.6 Å². The largest absolute Gasteiger partial charge is 0.494 e. The summed E-state index contributed by atoms with van der Waals surface area (Å²) in [6.07, 6.45) is 3.69. The number of fused-ring (bicyclic) bond motifs is 1. The number of nitrogens with one attached hydrogen (secondary N) is 3. The number of benzene rings is 2.